The number of carbonyl (C=O) groups excluding carboxylic acids is 1. The SMILES string of the molecule is Cn1nc(-c2nc3ccccc3[nH]2)c2cc(-c3cncc4c(NC(=O)c5cccnc5)cccc34)ccc21. The fraction of sp³-hybridized carbons (Fsp3) is 0.0333. The van der Waals surface area contributed by atoms with Gasteiger partial charge in [0.25, 0.3) is 5.91 Å². The summed E-state index contributed by atoms with van der Waals surface area (Å²) < 4.78 is 1.87. The van der Waals surface area contributed by atoms with Crippen molar-refractivity contribution in [1.82, 2.24) is 29.7 Å². The van der Waals surface area contributed by atoms with Crippen LogP contribution in [0.2, 0.25) is 0 Å². The lowest BCUT2D eigenvalue weighted by Crippen LogP contribution is -2.12. The summed E-state index contributed by atoms with van der Waals surface area (Å²) in [5.74, 6) is 0.508. The Hall–Kier alpha value is -5.37. The van der Waals surface area contributed by atoms with E-state index in [0.717, 1.165) is 55.4 Å². The van der Waals surface area contributed by atoms with Crippen molar-refractivity contribution in [3.05, 3.63) is 103 Å². The van der Waals surface area contributed by atoms with Crippen LogP contribution in [0.3, 0.4) is 0 Å². The van der Waals surface area contributed by atoms with E-state index in [9.17, 15) is 4.79 Å². The Morgan fingerprint density at radius 2 is 1.79 bits per heavy atom. The largest absolute Gasteiger partial charge is 0.337 e. The molecule has 0 aliphatic heterocycles. The Morgan fingerprint density at radius 1 is 0.868 bits per heavy atom. The molecule has 0 saturated heterocycles. The van der Waals surface area contributed by atoms with E-state index in [1.807, 2.05) is 60.4 Å². The molecular formula is C30H21N7O. The lowest BCUT2D eigenvalue weighted by atomic mass is 9.98. The third-order valence-electron chi connectivity index (χ3n) is 6.75. The van der Waals surface area contributed by atoms with Crippen LogP contribution in [-0.2, 0) is 7.05 Å². The zero-order valence-electron chi connectivity index (χ0n) is 20.4. The summed E-state index contributed by atoms with van der Waals surface area (Å²) in [4.78, 5) is 29.6. The van der Waals surface area contributed by atoms with Crippen molar-refractivity contribution >= 4 is 44.3 Å². The number of hydrogen-bond acceptors (Lipinski definition) is 5. The number of aromatic nitrogens is 6. The molecular weight excluding hydrogens is 474 g/mol. The van der Waals surface area contributed by atoms with Crippen LogP contribution < -0.4 is 5.32 Å². The number of amides is 1. The Labute approximate surface area is 217 Å². The Morgan fingerprint density at radius 3 is 2.66 bits per heavy atom. The molecule has 7 rings (SSSR count). The number of hydrogen-bond donors (Lipinski definition) is 2. The molecule has 38 heavy (non-hydrogen) atoms. The molecule has 0 spiro atoms. The minimum absolute atomic E-state index is 0.219. The van der Waals surface area contributed by atoms with Crippen molar-refractivity contribution < 1.29 is 4.79 Å². The van der Waals surface area contributed by atoms with E-state index in [-0.39, 0.29) is 5.91 Å². The first-order valence-electron chi connectivity index (χ1n) is 12.2. The molecule has 4 heterocycles. The van der Waals surface area contributed by atoms with Crippen LogP contribution >= 0.6 is 0 Å². The molecule has 182 valence electrons. The number of aromatic amines is 1. The zero-order valence-corrected chi connectivity index (χ0v) is 20.4. The topological polar surface area (TPSA) is 101 Å². The standard InChI is InChI=1S/C30H21N7O/c1-37-27-12-11-18(14-21(27)28(36-37)29-33-25-8-2-3-9-26(25)34-29)22-16-32-17-23-20(22)7-4-10-24(23)35-30(38)19-6-5-13-31-15-19/h2-17H,1H3,(H,33,34)(H,35,38). The summed E-state index contributed by atoms with van der Waals surface area (Å²) in [6, 6.07) is 23.6. The molecule has 7 aromatic rings. The molecule has 2 N–H and O–H groups in total. The molecule has 0 fully saturated rings. The fourth-order valence-electron chi connectivity index (χ4n) is 4.90. The maximum absolute atomic E-state index is 12.8. The summed E-state index contributed by atoms with van der Waals surface area (Å²) in [5.41, 5.74) is 6.80. The maximum Gasteiger partial charge on any atom is 0.257 e. The highest BCUT2D eigenvalue weighted by Crippen LogP contribution is 2.35. The molecule has 0 radical (unpaired) electrons. The number of aryl methyl sites for hydroxylation is 1. The fourth-order valence-corrected chi connectivity index (χ4v) is 4.90. The van der Waals surface area contributed by atoms with Crippen molar-refractivity contribution in [1.29, 1.82) is 0 Å². The molecule has 0 aliphatic carbocycles. The van der Waals surface area contributed by atoms with Gasteiger partial charge in [-0.25, -0.2) is 4.98 Å². The molecule has 1 amide bonds. The smallest absolute Gasteiger partial charge is 0.257 e. The number of carbonyl (C=O) groups is 1. The van der Waals surface area contributed by atoms with E-state index in [4.69, 9.17) is 10.1 Å². The van der Waals surface area contributed by atoms with Crippen molar-refractivity contribution in [3.8, 4) is 22.6 Å². The molecule has 3 aromatic carbocycles. The quantitative estimate of drug-likeness (QED) is 0.313. The zero-order chi connectivity index (χ0) is 25.6. The predicted molar refractivity (Wildman–Crippen MR) is 149 cm³/mol. The van der Waals surface area contributed by atoms with E-state index in [0.29, 0.717) is 11.3 Å². The molecule has 0 unspecified atom stereocenters. The monoisotopic (exact) mass is 495 g/mol. The summed E-state index contributed by atoms with van der Waals surface area (Å²) in [5, 5.41) is 10.6. The van der Waals surface area contributed by atoms with Gasteiger partial charge >= 0.3 is 0 Å². The summed E-state index contributed by atoms with van der Waals surface area (Å²) in [7, 11) is 1.94. The van der Waals surface area contributed by atoms with Gasteiger partial charge in [-0.05, 0) is 53.4 Å². The van der Waals surface area contributed by atoms with Crippen LogP contribution in [0.4, 0.5) is 5.69 Å². The first kappa shape index (κ1) is 21.9. The van der Waals surface area contributed by atoms with E-state index < -0.39 is 0 Å². The summed E-state index contributed by atoms with van der Waals surface area (Å²) in [6.45, 7) is 0. The number of rotatable bonds is 4. The maximum atomic E-state index is 12.8. The number of pyridine rings is 2. The van der Waals surface area contributed by atoms with Gasteiger partial charge in [0, 0.05) is 48.2 Å². The predicted octanol–water partition coefficient (Wildman–Crippen LogP) is 5.98. The van der Waals surface area contributed by atoms with Gasteiger partial charge in [-0.2, -0.15) is 5.10 Å². The summed E-state index contributed by atoms with van der Waals surface area (Å²) in [6.07, 6.45) is 6.82. The van der Waals surface area contributed by atoms with Crippen molar-refractivity contribution in [3.63, 3.8) is 0 Å². The van der Waals surface area contributed by atoms with E-state index in [1.165, 1.54) is 0 Å². The minimum Gasteiger partial charge on any atom is -0.337 e. The highest BCUT2D eigenvalue weighted by Gasteiger charge is 2.17. The average molecular weight is 496 g/mol. The molecule has 0 atom stereocenters. The van der Waals surface area contributed by atoms with Crippen molar-refractivity contribution in [2.75, 3.05) is 5.32 Å². The molecule has 0 bridgehead atoms. The van der Waals surface area contributed by atoms with Gasteiger partial charge in [-0.1, -0.05) is 30.3 Å². The van der Waals surface area contributed by atoms with Gasteiger partial charge in [-0.3, -0.25) is 19.4 Å². The van der Waals surface area contributed by atoms with Crippen LogP contribution in [0, 0.1) is 0 Å². The van der Waals surface area contributed by atoms with Gasteiger partial charge in [0.1, 0.15) is 5.69 Å². The van der Waals surface area contributed by atoms with Gasteiger partial charge < -0.3 is 10.3 Å². The number of para-hydroxylation sites is 2. The first-order valence-corrected chi connectivity index (χ1v) is 12.2. The number of nitrogens with zero attached hydrogens (tertiary/aromatic N) is 5. The van der Waals surface area contributed by atoms with E-state index in [2.05, 4.69) is 38.5 Å². The van der Waals surface area contributed by atoms with E-state index >= 15 is 0 Å². The van der Waals surface area contributed by atoms with Crippen LogP contribution in [0.25, 0.3) is 55.4 Å². The molecule has 0 saturated carbocycles. The number of anilines is 1. The molecule has 0 aliphatic rings. The molecule has 8 heteroatoms. The molecule has 8 nitrogen and oxygen atoms in total. The Kier molecular flexibility index (Phi) is 4.97. The first-order chi connectivity index (χ1) is 18.7. The normalized spacial score (nSPS) is 11.4. The summed E-state index contributed by atoms with van der Waals surface area (Å²) >= 11 is 0. The number of H-pyrrole nitrogens is 1. The van der Waals surface area contributed by atoms with Crippen molar-refractivity contribution in [2.24, 2.45) is 7.05 Å². The Bertz CT molecular complexity index is 1960. The van der Waals surface area contributed by atoms with Crippen LogP contribution in [0.5, 0.6) is 0 Å². The number of imidazole rings is 1. The van der Waals surface area contributed by atoms with Gasteiger partial charge in [-0.15, -0.1) is 0 Å². The highest BCUT2D eigenvalue weighted by molar-refractivity contribution is 6.11. The van der Waals surface area contributed by atoms with Crippen LogP contribution in [-0.4, -0.2) is 35.6 Å². The number of benzene rings is 3. The van der Waals surface area contributed by atoms with E-state index in [1.54, 1.807) is 30.7 Å². The lowest BCUT2D eigenvalue weighted by Gasteiger charge is -2.12. The minimum atomic E-state index is -0.219. The lowest BCUT2D eigenvalue weighted by molar-refractivity contribution is 0.102. The Balaban J connectivity index is 1.34. The van der Waals surface area contributed by atoms with Crippen LogP contribution in [0.1, 0.15) is 10.4 Å². The van der Waals surface area contributed by atoms with Gasteiger partial charge in [0.15, 0.2) is 5.82 Å². The van der Waals surface area contributed by atoms with Gasteiger partial charge in [0.05, 0.1) is 27.8 Å². The second-order valence-electron chi connectivity index (χ2n) is 9.09. The number of nitrogens with one attached hydrogen (secondary N) is 2. The second kappa shape index (κ2) is 8.63. The van der Waals surface area contributed by atoms with Crippen LogP contribution in [0.15, 0.2) is 97.6 Å². The third kappa shape index (κ3) is 3.58. The average Bonchev–Trinajstić information content (AvgIpc) is 3.54. The second-order valence-corrected chi connectivity index (χ2v) is 9.09. The van der Waals surface area contributed by atoms with Crippen molar-refractivity contribution in [2.45, 2.75) is 0 Å². The molecule has 4 aromatic heterocycles. The third-order valence-corrected chi connectivity index (χ3v) is 6.75. The highest BCUT2D eigenvalue weighted by atomic mass is 16.1. The number of fused-ring (bicyclic) bond motifs is 3. The van der Waals surface area contributed by atoms with Gasteiger partial charge in [0.2, 0.25) is 0 Å².